The fourth-order valence-corrected chi connectivity index (χ4v) is 2.06. The second-order valence-electron chi connectivity index (χ2n) is 4.66. The van der Waals surface area contributed by atoms with Crippen LogP contribution in [0.5, 0.6) is 0 Å². The van der Waals surface area contributed by atoms with Gasteiger partial charge >= 0.3 is 11.9 Å². The fraction of sp³-hybridized carbons (Fsp3) is 0.714. The smallest absolute Gasteiger partial charge is 0.303 e. The summed E-state index contributed by atoms with van der Waals surface area (Å²) in [5, 5.41) is 0. The van der Waals surface area contributed by atoms with E-state index in [-0.39, 0.29) is 12.6 Å². The molecule has 1 aliphatic rings. The van der Waals surface area contributed by atoms with Crippen molar-refractivity contribution in [3.8, 4) is 0 Å². The van der Waals surface area contributed by atoms with Gasteiger partial charge in [-0.15, -0.1) is 0 Å². The van der Waals surface area contributed by atoms with Gasteiger partial charge in [-0.05, 0) is 12.8 Å². The maximum Gasteiger partial charge on any atom is 0.303 e. The highest BCUT2D eigenvalue weighted by Crippen LogP contribution is 2.24. The molecular formula is C14H22O5. The number of esters is 2. The highest BCUT2D eigenvalue weighted by molar-refractivity contribution is 5.67. The Labute approximate surface area is 113 Å². The summed E-state index contributed by atoms with van der Waals surface area (Å²) >= 11 is 0. The lowest BCUT2D eigenvalue weighted by Gasteiger charge is -2.31. The maximum absolute atomic E-state index is 11.2. The minimum atomic E-state index is -0.553. The standard InChI is InChI=1S/C14H22O5/c1-4-5-6-7-12-8-17-9-13(18-10(2)15)14(12)19-11(3)16/h8,13-14H,4-7,9H2,1-3H3/t13-,14+/m1/s1. The van der Waals surface area contributed by atoms with Crippen LogP contribution in [0.2, 0.25) is 0 Å². The second-order valence-corrected chi connectivity index (χ2v) is 4.66. The van der Waals surface area contributed by atoms with Gasteiger partial charge in [-0.3, -0.25) is 9.59 Å². The molecule has 5 nitrogen and oxygen atoms in total. The van der Waals surface area contributed by atoms with Gasteiger partial charge in [0.25, 0.3) is 0 Å². The summed E-state index contributed by atoms with van der Waals surface area (Å²) in [6.45, 7) is 5.02. The highest BCUT2D eigenvalue weighted by Gasteiger charge is 2.33. The first kappa shape index (κ1) is 15.5. The normalized spacial score (nSPS) is 22.2. The third kappa shape index (κ3) is 5.32. The van der Waals surface area contributed by atoms with E-state index in [2.05, 4.69) is 6.92 Å². The highest BCUT2D eigenvalue weighted by atomic mass is 16.6. The molecule has 0 amide bonds. The fourth-order valence-electron chi connectivity index (χ4n) is 2.06. The molecule has 0 bridgehead atoms. The van der Waals surface area contributed by atoms with E-state index in [1.807, 2.05) is 0 Å². The molecule has 0 aromatic heterocycles. The minimum absolute atomic E-state index is 0.217. The van der Waals surface area contributed by atoms with E-state index < -0.39 is 18.2 Å². The zero-order valence-electron chi connectivity index (χ0n) is 11.8. The summed E-state index contributed by atoms with van der Waals surface area (Å²) in [6, 6.07) is 0. The van der Waals surface area contributed by atoms with Gasteiger partial charge in [0.05, 0.1) is 6.26 Å². The molecule has 0 aromatic carbocycles. The van der Waals surface area contributed by atoms with Gasteiger partial charge in [-0.25, -0.2) is 0 Å². The number of rotatable bonds is 6. The summed E-state index contributed by atoms with van der Waals surface area (Å²) in [5.41, 5.74) is 0.876. The Bertz CT molecular complexity index is 348. The molecule has 0 N–H and O–H groups in total. The van der Waals surface area contributed by atoms with E-state index in [1.165, 1.54) is 13.8 Å². The zero-order valence-corrected chi connectivity index (χ0v) is 11.8. The Hall–Kier alpha value is -1.52. The van der Waals surface area contributed by atoms with E-state index in [4.69, 9.17) is 14.2 Å². The van der Waals surface area contributed by atoms with Gasteiger partial charge < -0.3 is 14.2 Å². The van der Waals surface area contributed by atoms with E-state index in [0.29, 0.717) is 0 Å². The third-order valence-electron chi connectivity index (χ3n) is 2.88. The van der Waals surface area contributed by atoms with Crippen molar-refractivity contribution in [1.29, 1.82) is 0 Å². The van der Waals surface area contributed by atoms with Crippen LogP contribution in [0, 0.1) is 0 Å². The quantitative estimate of drug-likeness (QED) is 0.547. The third-order valence-corrected chi connectivity index (χ3v) is 2.88. The first-order valence-corrected chi connectivity index (χ1v) is 6.69. The molecule has 2 atom stereocenters. The predicted octanol–water partition coefficient (Wildman–Crippen LogP) is 2.34. The monoisotopic (exact) mass is 270 g/mol. The van der Waals surface area contributed by atoms with Crippen LogP contribution in [-0.4, -0.2) is 30.8 Å². The first-order chi connectivity index (χ1) is 9.04. The zero-order chi connectivity index (χ0) is 14.3. The minimum Gasteiger partial charge on any atom is -0.497 e. The number of hydrogen-bond acceptors (Lipinski definition) is 5. The molecule has 0 aliphatic carbocycles. The number of hydrogen-bond donors (Lipinski definition) is 0. The SMILES string of the molecule is CCCCCC1=COC[C@@H](OC(C)=O)[C@H]1OC(C)=O. The van der Waals surface area contributed by atoms with Crippen LogP contribution >= 0.6 is 0 Å². The first-order valence-electron chi connectivity index (χ1n) is 6.69. The van der Waals surface area contributed by atoms with Crippen molar-refractivity contribution >= 4 is 11.9 Å². The summed E-state index contributed by atoms with van der Waals surface area (Å²) in [5.74, 6) is -0.786. The molecule has 0 spiro atoms. The van der Waals surface area contributed by atoms with Gasteiger partial charge in [0.1, 0.15) is 6.61 Å². The Morgan fingerprint density at radius 3 is 2.53 bits per heavy atom. The molecule has 1 heterocycles. The van der Waals surface area contributed by atoms with Crippen molar-refractivity contribution in [2.45, 2.75) is 58.7 Å². The lowest BCUT2D eigenvalue weighted by atomic mass is 9.98. The Kier molecular flexibility index (Phi) is 6.39. The molecule has 0 fully saturated rings. The van der Waals surface area contributed by atoms with Crippen LogP contribution in [0.1, 0.15) is 46.5 Å². The molecular weight excluding hydrogens is 248 g/mol. The molecule has 0 aromatic rings. The van der Waals surface area contributed by atoms with E-state index >= 15 is 0 Å². The largest absolute Gasteiger partial charge is 0.497 e. The van der Waals surface area contributed by atoms with E-state index in [1.54, 1.807) is 6.26 Å². The number of unbranched alkanes of at least 4 members (excludes halogenated alkanes) is 2. The molecule has 5 heteroatoms. The molecule has 0 unspecified atom stereocenters. The number of ether oxygens (including phenoxy) is 3. The lowest BCUT2D eigenvalue weighted by molar-refractivity contribution is -0.167. The van der Waals surface area contributed by atoms with E-state index in [0.717, 1.165) is 31.3 Å². The van der Waals surface area contributed by atoms with Crippen LogP contribution < -0.4 is 0 Å². The topological polar surface area (TPSA) is 61.8 Å². The molecule has 19 heavy (non-hydrogen) atoms. The van der Waals surface area contributed by atoms with Crippen LogP contribution in [0.3, 0.4) is 0 Å². The van der Waals surface area contributed by atoms with Crippen molar-refractivity contribution in [2.24, 2.45) is 0 Å². The Morgan fingerprint density at radius 2 is 1.95 bits per heavy atom. The molecule has 0 radical (unpaired) electrons. The van der Waals surface area contributed by atoms with Crippen LogP contribution in [-0.2, 0) is 23.8 Å². The summed E-state index contributed by atoms with van der Waals surface area (Å²) in [4.78, 5) is 22.3. The van der Waals surface area contributed by atoms with Crippen LogP contribution in [0.25, 0.3) is 0 Å². The molecule has 0 saturated heterocycles. The molecule has 1 rings (SSSR count). The summed E-state index contributed by atoms with van der Waals surface area (Å²) in [6.07, 6.45) is 4.54. The van der Waals surface area contributed by atoms with Crippen molar-refractivity contribution in [3.05, 3.63) is 11.8 Å². The van der Waals surface area contributed by atoms with Gasteiger partial charge in [-0.1, -0.05) is 19.8 Å². The molecule has 1 aliphatic heterocycles. The van der Waals surface area contributed by atoms with Crippen LogP contribution in [0.4, 0.5) is 0 Å². The van der Waals surface area contributed by atoms with Crippen molar-refractivity contribution in [3.63, 3.8) is 0 Å². The number of carbonyl (C=O) groups is 2. The molecule has 0 saturated carbocycles. The average Bonchev–Trinajstić information content (AvgIpc) is 2.32. The summed E-state index contributed by atoms with van der Waals surface area (Å²) < 4.78 is 15.8. The predicted molar refractivity (Wildman–Crippen MR) is 69.3 cm³/mol. The lowest BCUT2D eigenvalue weighted by Crippen LogP contribution is -2.41. The van der Waals surface area contributed by atoms with Gasteiger partial charge in [0, 0.05) is 19.4 Å². The van der Waals surface area contributed by atoms with Gasteiger partial charge in [0.15, 0.2) is 12.2 Å². The van der Waals surface area contributed by atoms with Crippen molar-refractivity contribution < 1.29 is 23.8 Å². The molecule has 108 valence electrons. The Morgan fingerprint density at radius 1 is 1.26 bits per heavy atom. The average molecular weight is 270 g/mol. The van der Waals surface area contributed by atoms with Gasteiger partial charge in [0.2, 0.25) is 0 Å². The van der Waals surface area contributed by atoms with Crippen molar-refractivity contribution in [1.82, 2.24) is 0 Å². The second kappa shape index (κ2) is 7.81. The van der Waals surface area contributed by atoms with Gasteiger partial charge in [-0.2, -0.15) is 0 Å². The van der Waals surface area contributed by atoms with Crippen molar-refractivity contribution in [2.75, 3.05) is 6.61 Å². The summed E-state index contributed by atoms with van der Waals surface area (Å²) in [7, 11) is 0. The van der Waals surface area contributed by atoms with E-state index in [9.17, 15) is 9.59 Å². The Balaban J connectivity index is 2.71. The van der Waals surface area contributed by atoms with Crippen LogP contribution in [0.15, 0.2) is 11.8 Å². The number of carbonyl (C=O) groups excluding carboxylic acids is 2. The maximum atomic E-state index is 11.2.